The molecule has 0 radical (unpaired) electrons. The van der Waals surface area contributed by atoms with Gasteiger partial charge in [0.15, 0.2) is 0 Å². The Bertz CT molecular complexity index is 878. The van der Waals surface area contributed by atoms with Crippen molar-refractivity contribution in [2.45, 2.75) is 12.8 Å². The molecule has 0 atom stereocenters. The van der Waals surface area contributed by atoms with E-state index in [1.54, 1.807) is 35.5 Å². The van der Waals surface area contributed by atoms with Gasteiger partial charge < -0.3 is 10.1 Å². The van der Waals surface area contributed by atoms with E-state index in [0.717, 1.165) is 4.88 Å². The van der Waals surface area contributed by atoms with Gasteiger partial charge in [0.2, 0.25) is 5.91 Å². The summed E-state index contributed by atoms with van der Waals surface area (Å²) in [7, 11) is 1.58. The van der Waals surface area contributed by atoms with Crippen molar-refractivity contribution in [3.63, 3.8) is 0 Å². The van der Waals surface area contributed by atoms with Crippen LogP contribution < -0.4 is 10.1 Å². The molecule has 0 spiro atoms. The summed E-state index contributed by atoms with van der Waals surface area (Å²) in [6.07, 6.45) is 2.70. The number of hydrogen-bond acceptors (Lipinski definition) is 6. The number of nitrogens with zero attached hydrogens (tertiary/aromatic N) is 1. The second-order valence-corrected chi connectivity index (χ2v) is 8.39. The van der Waals surface area contributed by atoms with Crippen molar-refractivity contribution >= 4 is 63.2 Å². The standard InChI is InChI=1S/C19H18N2O3S3/c1-24-14-6-2-5-13(11-14)20-17(22)8-3-9-21-18(23)16(27-19(21)25)12-15-7-4-10-26-15/h2,4-7,10-12H,3,8-9H2,1H3,(H,20,22)/b16-12+. The minimum absolute atomic E-state index is 0.0911. The molecular formula is C19H18N2O3S3. The number of methoxy groups -OCH3 is 1. The molecule has 1 saturated heterocycles. The molecule has 1 aliphatic heterocycles. The number of benzene rings is 1. The summed E-state index contributed by atoms with van der Waals surface area (Å²) in [5.74, 6) is 0.484. The Labute approximate surface area is 171 Å². The van der Waals surface area contributed by atoms with Gasteiger partial charge in [0.1, 0.15) is 10.1 Å². The van der Waals surface area contributed by atoms with E-state index in [4.69, 9.17) is 17.0 Å². The van der Waals surface area contributed by atoms with E-state index in [-0.39, 0.29) is 11.8 Å². The van der Waals surface area contributed by atoms with Crippen molar-refractivity contribution in [3.05, 3.63) is 51.6 Å². The summed E-state index contributed by atoms with van der Waals surface area (Å²) in [6, 6.07) is 11.1. The molecule has 1 aromatic carbocycles. The highest BCUT2D eigenvalue weighted by molar-refractivity contribution is 8.26. The largest absolute Gasteiger partial charge is 0.497 e. The highest BCUT2D eigenvalue weighted by Crippen LogP contribution is 2.33. The van der Waals surface area contributed by atoms with Crippen molar-refractivity contribution < 1.29 is 14.3 Å². The molecule has 27 heavy (non-hydrogen) atoms. The first-order valence-corrected chi connectivity index (χ1v) is 10.4. The van der Waals surface area contributed by atoms with Crippen LogP contribution in [-0.4, -0.2) is 34.7 Å². The Balaban J connectivity index is 1.50. The third-order valence-corrected chi connectivity index (χ3v) is 6.03. The van der Waals surface area contributed by atoms with Crippen LogP contribution >= 0.6 is 35.3 Å². The normalized spacial score (nSPS) is 15.4. The molecule has 2 heterocycles. The van der Waals surface area contributed by atoms with E-state index in [9.17, 15) is 9.59 Å². The number of carbonyl (C=O) groups is 2. The van der Waals surface area contributed by atoms with Gasteiger partial charge in [0.05, 0.1) is 12.0 Å². The molecule has 1 N–H and O–H groups in total. The fourth-order valence-electron chi connectivity index (χ4n) is 2.52. The quantitative estimate of drug-likeness (QED) is 0.534. The van der Waals surface area contributed by atoms with Crippen LogP contribution in [0.5, 0.6) is 5.75 Å². The molecule has 2 amide bonds. The van der Waals surface area contributed by atoms with Crippen LogP contribution in [0.4, 0.5) is 5.69 Å². The van der Waals surface area contributed by atoms with E-state index in [1.165, 1.54) is 11.8 Å². The molecule has 3 rings (SSSR count). The fraction of sp³-hybridized carbons (Fsp3) is 0.211. The van der Waals surface area contributed by atoms with Crippen molar-refractivity contribution in [2.75, 3.05) is 19.0 Å². The average Bonchev–Trinajstić information content (AvgIpc) is 3.25. The van der Waals surface area contributed by atoms with E-state index < -0.39 is 0 Å². The molecule has 140 valence electrons. The molecule has 1 fully saturated rings. The Morgan fingerprint density at radius 3 is 2.93 bits per heavy atom. The van der Waals surface area contributed by atoms with Crippen molar-refractivity contribution in [3.8, 4) is 5.75 Å². The fourth-order valence-corrected chi connectivity index (χ4v) is 4.55. The summed E-state index contributed by atoms with van der Waals surface area (Å²) >= 11 is 8.20. The Morgan fingerprint density at radius 1 is 1.33 bits per heavy atom. The van der Waals surface area contributed by atoms with E-state index >= 15 is 0 Å². The third kappa shape index (κ3) is 5.18. The van der Waals surface area contributed by atoms with Crippen LogP contribution in [0.3, 0.4) is 0 Å². The molecule has 1 aliphatic rings. The number of thiocarbonyl (C=S) groups is 1. The monoisotopic (exact) mass is 418 g/mol. The number of carbonyl (C=O) groups excluding carboxylic acids is 2. The molecule has 2 aromatic rings. The molecule has 8 heteroatoms. The van der Waals surface area contributed by atoms with Crippen LogP contribution in [0.25, 0.3) is 6.08 Å². The number of ether oxygens (including phenoxy) is 1. The number of rotatable bonds is 7. The van der Waals surface area contributed by atoms with Crippen molar-refractivity contribution in [1.29, 1.82) is 0 Å². The minimum atomic E-state index is -0.108. The van der Waals surface area contributed by atoms with E-state index in [2.05, 4.69) is 5.32 Å². The van der Waals surface area contributed by atoms with Crippen LogP contribution in [-0.2, 0) is 9.59 Å². The highest BCUT2D eigenvalue weighted by Gasteiger charge is 2.31. The van der Waals surface area contributed by atoms with Crippen molar-refractivity contribution in [1.82, 2.24) is 4.90 Å². The number of thiophene rings is 1. The van der Waals surface area contributed by atoms with Gasteiger partial charge in [-0.2, -0.15) is 0 Å². The van der Waals surface area contributed by atoms with Gasteiger partial charge in [0.25, 0.3) is 5.91 Å². The van der Waals surface area contributed by atoms with Gasteiger partial charge in [-0.05, 0) is 36.1 Å². The highest BCUT2D eigenvalue weighted by atomic mass is 32.2. The molecule has 0 saturated carbocycles. The van der Waals surface area contributed by atoms with Crippen LogP contribution in [0.2, 0.25) is 0 Å². The maximum absolute atomic E-state index is 12.5. The zero-order valence-corrected chi connectivity index (χ0v) is 17.1. The minimum Gasteiger partial charge on any atom is -0.497 e. The van der Waals surface area contributed by atoms with E-state index in [1.807, 2.05) is 35.7 Å². The smallest absolute Gasteiger partial charge is 0.266 e. The summed E-state index contributed by atoms with van der Waals surface area (Å²) in [4.78, 5) is 27.9. The lowest BCUT2D eigenvalue weighted by atomic mass is 10.2. The number of thioether (sulfide) groups is 1. The molecule has 0 bridgehead atoms. The molecule has 0 unspecified atom stereocenters. The molecule has 1 aromatic heterocycles. The van der Waals surface area contributed by atoms with Gasteiger partial charge in [-0.1, -0.05) is 36.1 Å². The number of hydrogen-bond donors (Lipinski definition) is 1. The first-order valence-electron chi connectivity index (χ1n) is 8.29. The lowest BCUT2D eigenvalue weighted by Crippen LogP contribution is -2.29. The number of nitrogens with one attached hydrogen (secondary N) is 1. The lowest BCUT2D eigenvalue weighted by molar-refractivity contribution is -0.122. The maximum atomic E-state index is 12.5. The Hall–Kier alpha value is -2.16. The summed E-state index contributed by atoms with van der Waals surface area (Å²) in [6.45, 7) is 0.429. The van der Waals surface area contributed by atoms with Gasteiger partial charge in [-0.25, -0.2) is 0 Å². The Morgan fingerprint density at radius 2 is 2.19 bits per heavy atom. The van der Waals surface area contributed by atoms with Gasteiger partial charge in [0, 0.05) is 29.6 Å². The zero-order chi connectivity index (χ0) is 19.2. The van der Waals surface area contributed by atoms with Gasteiger partial charge in [-0.15, -0.1) is 11.3 Å². The summed E-state index contributed by atoms with van der Waals surface area (Å²) in [5, 5.41) is 4.80. The molecule has 0 aliphatic carbocycles. The number of anilines is 1. The van der Waals surface area contributed by atoms with Crippen LogP contribution in [0.1, 0.15) is 17.7 Å². The third-order valence-electron chi connectivity index (χ3n) is 3.83. The van der Waals surface area contributed by atoms with E-state index in [0.29, 0.717) is 40.0 Å². The van der Waals surface area contributed by atoms with Crippen molar-refractivity contribution in [2.24, 2.45) is 0 Å². The first kappa shape index (κ1) is 19.6. The second-order valence-electron chi connectivity index (χ2n) is 5.73. The first-order chi connectivity index (χ1) is 13.1. The van der Waals surface area contributed by atoms with Crippen LogP contribution in [0, 0.1) is 0 Å². The molecular weight excluding hydrogens is 400 g/mol. The maximum Gasteiger partial charge on any atom is 0.266 e. The van der Waals surface area contributed by atoms with Gasteiger partial charge >= 0.3 is 0 Å². The topological polar surface area (TPSA) is 58.6 Å². The van der Waals surface area contributed by atoms with Gasteiger partial charge in [-0.3, -0.25) is 14.5 Å². The molecule has 5 nitrogen and oxygen atoms in total. The predicted octanol–water partition coefficient (Wildman–Crippen LogP) is 4.38. The van der Waals surface area contributed by atoms with Crippen LogP contribution in [0.15, 0.2) is 46.7 Å². The lowest BCUT2D eigenvalue weighted by Gasteiger charge is -2.14. The second kappa shape index (κ2) is 9.16. The Kier molecular flexibility index (Phi) is 6.65. The SMILES string of the molecule is COc1cccc(NC(=O)CCCN2C(=O)/C(=C\c3cccs3)SC2=S)c1. The predicted molar refractivity (Wildman–Crippen MR) is 115 cm³/mol. The summed E-state index contributed by atoms with van der Waals surface area (Å²) < 4.78 is 5.68. The number of amides is 2. The zero-order valence-electron chi connectivity index (χ0n) is 14.6. The summed E-state index contributed by atoms with van der Waals surface area (Å²) in [5.41, 5.74) is 0.684. The average molecular weight is 419 g/mol.